The maximum Gasteiger partial charge on any atom is 0.306 e. The quantitative estimate of drug-likeness (QED) is 0.0261. The number of allylic oxidation sites excluding steroid dienone is 10. The predicted octanol–water partition coefficient (Wildman–Crippen LogP) is 20.4. The highest BCUT2D eigenvalue weighted by molar-refractivity contribution is 5.71. The average molecular weight is 980 g/mol. The molecule has 0 aliphatic heterocycles. The normalized spacial score (nSPS) is 12.4. The largest absolute Gasteiger partial charge is 0.462 e. The maximum atomic E-state index is 12.9. The first-order chi connectivity index (χ1) is 34.5. The van der Waals surface area contributed by atoms with Gasteiger partial charge in [0.15, 0.2) is 6.10 Å². The van der Waals surface area contributed by atoms with E-state index in [2.05, 4.69) is 81.5 Å². The number of ether oxygens (including phenoxy) is 3. The number of carbonyl (C=O) groups is 3. The Hall–Kier alpha value is -2.89. The van der Waals surface area contributed by atoms with Crippen molar-refractivity contribution in [2.45, 2.75) is 316 Å². The van der Waals surface area contributed by atoms with Gasteiger partial charge in [-0.25, -0.2) is 0 Å². The number of unbranched alkanes of at least 4 members (excludes halogenated alkanes) is 34. The summed E-state index contributed by atoms with van der Waals surface area (Å²) in [7, 11) is 0. The van der Waals surface area contributed by atoms with E-state index in [1.807, 2.05) is 0 Å². The fourth-order valence-electron chi connectivity index (χ4n) is 8.62. The molecule has 0 N–H and O–H groups in total. The molecule has 0 saturated heterocycles. The summed E-state index contributed by atoms with van der Waals surface area (Å²) in [4.78, 5) is 38.2. The van der Waals surface area contributed by atoms with Crippen LogP contribution in [0.25, 0.3) is 0 Å². The van der Waals surface area contributed by atoms with Crippen molar-refractivity contribution in [3.05, 3.63) is 60.8 Å². The highest BCUT2D eigenvalue weighted by Gasteiger charge is 2.19. The Labute approximate surface area is 434 Å². The molecule has 0 heterocycles. The molecule has 0 aromatic heterocycles. The van der Waals surface area contributed by atoms with Gasteiger partial charge in [-0.2, -0.15) is 0 Å². The molecule has 0 saturated carbocycles. The van der Waals surface area contributed by atoms with Gasteiger partial charge in [-0.05, 0) is 109 Å². The third-order valence-corrected chi connectivity index (χ3v) is 13.2. The molecule has 6 nitrogen and oxygen atoms in total. The van der Waals surface area contributed by atoms with Gasteiger partial charge in [0.25, 0.3) is 0 Å². The molecule has 6 heteroatoms. The van der Waals surface area contributed by atoms with Gasteiger partial charge in [0, 0.05) is 19.3 Å². The van der Waals surface area contributed by atoms with Crippen molar-refractivity contribution in [1.29, 1.82) is 0 Å². The average Bonchev–Trinajstić information content (AvgIpc) is 3.36. The topological polar surface area (TPSA) is 78.9 Å². The molecule has 0 radical (unpaired) electrons. The Balaban J connectivity index is 4.38. The molecule has 0 amide bonds. The third-order valence-electron chi connectivity index (χ3n) is 13.2. The molecule has 0 aliphatic rings. The van der Waals surface area contributed by atoms with Gasteiger partial charge in [-0.3, -0.25) is 14.4 Å². The summed E-state index contributed by atoms with van der Waals surface area (Å²) in [5.41, 5.74) is 0. The first-order valence-electron chi connectivity index (χ1n) is 30.3. The second kappa shape index (κ2) is 58.7. The molecular weight excluding hydrogens is 865 g/mol. The maximum absolute atomic E-state index is 12.9. The summed E-state index contributed by atoms with van der Waals surface area (Å²) >= 11 is 0. The second-order valence-corrected chi connectivity index (χ2v) is 20.2. The van der Waals surface area contributed by atoms with Crippen molar-refractivity contribution in [3.8, 4) is 0 Å². The molecule has 1 atom stereocenters. The third kappa shape index (κ3) is 56.0. The number of esters is 3. The lowest BCUT2D eigenvalue weighted by atomic mass is 10.1. The number of rotatable bonds is 55. The number of carbonyl (C=O) groups excluding carboxylic acids is 3. The minimum atomic E-state index is -0.787. The summed E-state index contributed by atoms with van der Waals surface area (Å²) in [5, 5.41) is 0. The van der Waals surface area contributed by atoms with Crippen LogP contribution in [0.5, 0.6) is 0 Å². The van der Waals surface area contributed by atoms with E-state index in [1.165, 1.54) is 173 Å². The summed E-state index contributed by atoms with van der Waals surface area (Å²) in [6.45, 7) is 6.61. The lowest BCUT2D eigenvalue weighted by Gasteiger charge is -2.18. The molecule has 0 aromatic rings. The van der Waals surface area contributed by atoms with Crippen LogP contribution in [0.1, 0.15) is 310 Å². The Morgan fingerprint density at radius 1 is 0.286 bits per heavy atom. The molecule has 0 rings (SSSR count). The van der Waals surface area contributed by atoms with Crippen LogP contribution >= 0.6 is 0 Å². The highest BCUT2D eigenvalue weighted by Crippen LogP contribution is 2.15. The van der Waals surface area contributed by atoms with Crippen molar-refractivity contribution in [3.63, 3.8) is 0 Å². The van der Waals surface area contributed by atoms with Crippen LogP contribution < -0.4 is 0 Å². The van der Waals surface area contributed by atoms with Gasteiger partial charge < -0.3 is 14.2 Å². The lowest BCUT2D eigenvalue weighted by Crippen LogP contribution is -2.30. The van der Waals surface area contributed by atoms with Crippen LogP contribution in [0.15, 0.2) is 60.8 Å². The van der Waals surface area contributed by atoms with Crippen LogP contribution in [0, 0.1) is 0 Å². The van der Waals surface area contributed by atoms with Crippen LogP contribution in [0.3, 0.4) is 0 Å². The van der Waals surface area contributed by atoms with E-state index in [0.717, 1.165) is 96.3 Å². The van der Waals surface area contributed by atoms with E-state index in [9.17, 15) is 14.4 Å². The second-order valence-electron chi connectivity index (χ2n) is 20.2. The van der Waals surface area contributed by atoms with Crippen molar-refractivity contribution >= 4 is 17.9 Å². The molecule has 406 valence electrons. The van der Waals surface area contributed by atoms with E-state index in [1.54, 1.807) is 0 Å². The highest BCUT2D eigenvalue weighted by atomic mass is 16.6. The fraction of sp³-hybridized carbons (Fsp3) is 0.797. The lowest BCUT2D eigenvalue weighted by molar-refractivity contribution is -0.167. The molecule has 70 heavy (non-hydrogen) atoms. The van der Waals surface area contributed by atoms with E-state index in [0.29, 0.717) is 19.3 Å². The van der Waals surface area contributed by atoms with Gasteiger partial charge in [0.1, 0.15) is 13.2 Å². The van der Waals surface area contributed by atoms with Crippen molar-refractivity contribution in [1.82, 2.24) is 0 Å². The van der Waals surface area contributed by atoms with Crippen LogP contribution in [0.2, 0.25) is 0 Å². The van der Waals surface area contributed by atoms with Crippen LogP contribution in [-0.2, 0) is 28.6 Å². The molecule has 1 unspecified atom stereocenters. The zero-order valence-corrected chi connectivity index (χ0v) is 46.5. The molecule has 0 aromatic carbocycles. The van der Waals surface area contributed by atoms with Crippen molar-refractivity contribution < 1.29 is 28.6 Å². The Morgan fingerprint density at radius 3 is 0.814 bits per heavy atom. The van der Waals surface area contributed by atoms with E-state index in [4.69, 9.17) is 14.2 Å². The summed E-state index contributed by atoms with van der Waals surface area (Å²) in [6.07, 6.45) is 73.5. The minimum absolute atomic E-state index is 0.0837. The smallest absolute Gasteiger partial charge is 0.306 e. The van der Waals surface area contributed by atoms with E-state index < -0.39 is 6.10 Å². The summed E-state index contributed by atoms with van der Waals surface area (Å²) in [6, 6.07) is 0. The molecule has 0 bridgehead atoms. The minimum Gasteiger partial charge on any atom is -0.462 e. The zero-order chi connectivity index (χ0) is 50.7. The van der Waals surface area contributed by atoms with Gasteiger partial charge in [-0.1, -0.05) is 242 Å². The van der Waals surface area contributed by atoms with Crippen LogP contribution in [-0.4, -0.2) is 37.2 Å². The Kier molecular flexibility index (Phi) is 56.3. The van der Waals surface area contributed by atoms with E-state index in [-0.39, 0.29) is 31.1 Å². The zero-order valence-electron chi connectivity index (χ0n) is 46.5. The fourth-order valence-corrected chi connectivity index (χ4v) is 8.62. The molecule has 0 aliphatic carbocycles. The molecule has 0 spiro atoms. The molecular formula is C64H114O6. The number of hydrogen-bond donors (Lipinski definition) is 0. The van der Waals surface area contributed by atoms with E-state index >= 15 is 0 Å². The van der Waals surface area contributed by atoms with Crippen LogP contribution in [0.4, 0.5) is 0 Å². The first kappa shape index (κ1) is 67.1. The standard InChI is InChI=1S/C64H114O6/c1-4-7-10-13-16-19-22-25-28-30-31-32-33-34-37-39-42-45-48-51-54-57-63(66)69-60-61(59-68-62(65)56-53-50-47-44-41-38-35-27-24-21-18-15-12-9-6-3)70-64(67)58-55-52-49-46-43-40-36-29-26-23-20-17-14-11-8-5-2/h20,22-23,25,27,29-31,35-36,61H,4-19,21,24,26,28,32-34,37-60H2,1-3H3/b23-20-,25-22-,31-30-,35-27-,36-29-. The first-order valence-corrected chi connectivity index (χ1v) is 30.3. The Bertz CT molecular complexity index is 1260. The predicted molar refractivity (Wildman–Crippen MR) is 302 cm³/mol. The molecule has 0 fully saturated rings. The van der Waals surface area contributed by atoms with Gasteiger partial charge in [0.2, 0.25) is 0 Å². The van der Waals surface area contributed by atoms with Crippen molar-refractivity contribution in [2.24, 2.45) is 0 Å². The van der Waals surface area contributed by atoms with Gasteiger partial charge in [0.05, 0.1) is 0 Å². The SMILES string of the molecule is CCCCCC/C=C\C/C=C\CCCCCCCC(=O)OC(COC(=O)CCCCCCC/C=C\CCCCCCCC)COC(=O)CCCCCCCCCCC/C=C\C/C=C\CCCCCCC. The summed E-state index contributed by atoms with van der Waals surface area (Å²) in [5.74, 6) is -0.897. The van der Waals surface area contributed by atoms with Gasteiger partial charge >= 0.3 is 17.9 Å². The monoisotopic (exact) mass is 979 g/mol. The van der Waals surface area contributed by atoms with Crippen molar-refractivity contribution in [2.75, 3.05) is 13.2 Å². The summed E-state index contributed by atoms with van der Waals surface area (Å²) < 4.78 is 16.9. The number of hydrogen-bond acceptors (Lipinski definition) is 6. The Morgan fingerprint density at radius 2 is 0.514 bits per heavy atom. The van der Waals surface area contributed by atoms with Gasteiger partial charge in [-0.15, -0.1) is 0 Å².